The molecule has 20 heavy (non-hydrogen) atoms. The Morgan fingerprint density at radius 1 is 1.10 bits per heavy atom. The van der Waals surface area contributed by atoms with Crippen molar-refractivity contribution in [3.63, 3.8) is 0 Å². The predicted octanol–water partition coefficient (Wildman–Crippen LogP) is 2.89. The van der Waals surface area contributed by atoms with E-state index in [1.54, 1.807) is 0 Å². The first kappa shape index (κ1) is 14.8. The van der Waals surface area contributed by atoms with Crippen molar-refractivity contribution in [1.82, 2.24) is 5.32 Å². The average Bonchev–Trinajstić information content (AvgIpc) is 2.43. The van der Waals surface area contributed by atoms with Crippen LogP contribution in [0.3, 0.4) is 0 Å². The summed E-state index contributed by atoms with van der Waals surface area (Å²) in [7, 11) is 0. The number of benzene rings is 2. The summed E-state index contributed by atoms with van der Waals surface area (Å²) >= 11 is 0. The second kappa shape index (κ2) is 6.73. The molecule has 0 aliphatic rings. The van der Waals surface area contributed by atoms with Gasteiger partial charge in [-0.1, -0.05) is 44.2 Å². The van der Waals surface area contributed by atoms with E-state index in [4.69, 9.17) is 4.74 Å². The Hall–Kier alpha value is -1.58. The summed E-state index contributed by atoms with van der Waals surface area (Å²) in [6.07, 6.45) is -0.502. The Bertz CT molecular complexity index is 566. The zero-order valence-electron chi connectivity index (χ0n) is 12.4. The van der Waals surface area contributed by atoms with Crippen LogP contribution in [0.4, 0.5) is 0 Å². The number of aryl methyl sites for hydroxylation is 1. The number of aliphatic hydroxyl groups is 1. The molecule has 0 aromatic heterocycles. The minimum absolute atomic E-state index is 0.298. The maximum absolute atomic E-state index is 9.90. The van der Waals surface area contributed by atoms with Gasteiger partial charge in [0.15, 0.2) is 0 Å². The Balaban J connectivity index is 2.05. The monoisotopic (exact) mass is 273 g/mol. The predicted molar refractivity (Wildman–Crippen MR) is 83.3 cm³/mol. The summed E-state index contributed by atoms with van der Waals surface area (Å²) < 4.78 is 5.78. The topological polar surface area (TPSA) is 41.5 Å². The smallest absolute Gasteiger partial charge is 0.127 e. The Morgan fingerprint density at radius 2 is 1.80 bits per heavy atom. The summed E-state index contributed by atoms with van der Waals surface area (Å²) in [4.78, 5) is 0. The molecule has 0 heterocycles. The van der Waals surface area contributed by atoms with Gasteiger partial charge in [0.05, 0.1) is 0 Å². The zero-order valence-corrected chi connectivity index (χ0v) is 12.4. The molecule has 0 aliphatic heterocycles. The van der Waals surface area contributed by atoms with Crippen molar-refractivity contribution in [2.75, 3.05) is 13.2 Å². The van der Waals surface area contributed by atoms with Crippen LogP contribution in [0.5, 0.6) is 5.75 Å². The highest BCUT2D eigenvalue weighted by Crippen LogP contribution is 2.27. The molecule has 2 N–H and O–H groups in total. The van der Waals surface area contributed by atoms with Crippen LogP contribution in [0, 0.1) is 6.92 Å². The fourth-order valence-corrected chi connectivity index (χ4v) is 2.18. The lowest BCUT2D eigenvalue weighted by molar-refractivity contribution is 0.105. The van der Waals surface area contributed by atoms with E-state index in [0.29, 0.717) is 19.2 Å². The van der Waals surface area contributed by atoms with Gasteiger partial charge in [0, 0.05) is 18.0 Å². The van der Waals surface area contributed by atoms with Gasteiger partial charge in [-0.3, -0.25) is 0 Å². The van der Waals surface area contributed by atoms with Crippen LogP contribution in [0.15, 0.2) is 36.4 Å². The number of aliphatic hydroxyl groups excluding tert-OH is 1. The summed E-state index contributed by atoms with van der Waals surface area (Å²) in [5, 5.41) is 15.4. The molecule has 0 fully saturated rings. The van der Waals surface area contributed by atoms with Gasteiger partial charge in [-0.2, -0.15) is 0 Å². The van der Waals surface area contributed by atoms with E-state index in [1.165, 1.54) is 10.9 Å². The van der Waals surface area contributed by atoms with E-state index >= 15 is 0 Å². The minimum atomic E-state index is -0.502. The van der Waals surface area contributed by atoms with Gasteiger partial charge in [0.25, 0.3) is 0 Å². The minimum Gasteiger partial charge on any atom is -0.490 e. The molecule has 0 saturated carbocycles. The summed E-state index contributed by atoms with van der Waals surface area (Å²) in [5.74, 6) is 0.829. The molecule has 0 aliphatic carbocycles. The molecule has 0 bridgehead atoms. The molecule has 1 atom stereocenters. The number of ether oxygens (including phenoxy) is 1. The van der Waals surface area contributed by atoms with Crippen LogP contribution in [-0.4, -0.2) is 30.4 Å². The van der Waals surface area contributed by atoms with Gasteiger partial charge < -0.3 is 15.2 Å². The van der Waals surface area contributed by atoms with Crippen molar-refractivity contribution in [2.45, 2.75) is 32.9 Å². The Kier molecular flexibility index (Phi) is 4.99. The van der Waals surface area contributed by atoms with Gasteiger partial charge in [-0.15, -0.1) is 0 Å². The number of hydrogen-bond acceptors (Lipinski definition) is 3. The quantitative estimate of drug-likeness (QED) is 0.850. The molecular weight excluding hydrogens is 250 g/mol. The molecule has 0 amide bonds. The highest BCUT2D eigenvalue weighted by atomic mass is 16.5. The van der Waals surface area contributed by atoms with Crippen molar-refractivity contribution in [1.29, 1.82) is 0 Å². The maximum Gasteiger partial charge on any atom is 0.127 e. The molecule has 3 heteroatoms. The van der Waals surface area contributed by atoms with Crippen LogP contribution in [0.25, 0.3) is 10.8 Å². The van der Waals surface area contributed by atoms with Crippen LogP contribution in [0.2, 0.25) is 0 Å². The summed E-state index contributed by atoms with van der Waals surface area (Å²) in [6, 6.07) is 12.6. The highest BCUT2D eigenvalue weighted by Gasteiger charge is 2.08. The third kappa shape index (κ3) is 3.71. The van der Waals surface area contributed by atoms with Gasteiger partial charge in [-0.05, 0) is 23.9 Å². The SMILES string of the molecule is Cc1cccc2c(OCC(O)CNC(C)C)cccc12. The third-order valence-electron chi connectivity index (χ3n) is 3.29. The van der Waals surface area contributed by atoms with Crippen LogP contribution >= 0.6 is 0 Å². The van der Waals surface area contributed by atoms with E-state index in [0.717, 1.165) is 11.1 Å². The van der Waals surface area contributed by atoms with Gasteiger partial charge in [0.2, 0.25) is 0 Å². The first-order chi connectivity index (χ1) is 9.58. The highest BCUT2D eigenvalue weighted by molar-refractivity contribution is 5.90. The van der Waals surface area contributed by atoms with Crippen molar-refractivity contribution in [3.8, 4) is 5.75 Å². The second-order valence-electron chi connectivity index (χ2n) is 5.45. The molecular formula is C17H23NO2. The fourth-order valence-electron chi connectivity index (χ4n) is 2.18. The summed E-state index contributed by atoms with van der Waals surface area (Å²) in [5.41, 5.74) is 1.23. The number of fused-ring (bicyclic) bond motifs is 1. The molecule has 0 radical (unpaired) electrons. The maximum atomic E-state index is 9.90. The fraction of sp³-hybridized carbons (Fsp3) is 0.412. The van der Waals surface area contributed by atoms with E-state index in [1.807, 2.05) is 18.2 Å². The van der Waals surface area contributed by atoms with Crippen molar-refractivity contribution >= 4 is 10.8 Å². The first-order valence-electron chi connectivity index (χ1n) is 7.10. The molecule has 2 rings (SSSR count). The molecule has 2 aromatic rings. The zero-order chi connectivity index (χ0) is 14.5. The first-order valence-corrected chi connectivity index (χ1v) is 7.10. The third-order valence-corrected chi connectivity index (χ3v) is 3.29. The van der Waals surface area contributed by atoms with E-state index in [2.05, 4.69) is 44.3 Å². The van der Waals surface area contributed by atoms with E-state index < -0.39 is 6.10 Å². The molecule has 0 saturated heterocycles. The molecule has 108 valence electrons. The van der Waals surface area contributed by atoms with Crippen molar-refractivity contribution < 1.29 is 9.84 Å². The lowest BCUT2D eigenvalue weighted by Crippen LogP contribution is -2.35. The number of rotatable bonds is 6. The molecule has 0 spiro atoms. The second-order valence-corrected chi connectivity index (χ2v) is 5.45. The Morgan fingerprint density at radius 3 is 2.55 bits per heavy atom. The van der Waals surface area contributed by atoms with Crippen LogP contribution in [-0.2, 0) is 0 Å². The standard InChI is InChI=1S/C17H23NO2/c1-12(2)18-10-14(19)11-20-17-9-5-7-15-13(3)6-4-8-16(15)17/h4-9,12,14,18-19H,10-11H2,1-3H3. The van der Waals surface area contributed by atoms with Gasteiger partial charge >= 0.3 is 0 Å². The Labute approximate surface area is 120 Å². The van der Waals surface area contributed by atoms with Crippen LogP contribution in [0.1, 0.15) is 19.4 Å². The van der Waals surface area contributed by atoms with E-state index in [-0.39, 0.29) is 0 Å². The van der Waals surface area contributed by atoms with Gasteiger partial charge in [0.1, 0.15) is 18.5 Å². The lowest BCUT2D eigenvalue weighted by atomic mass is 10.1. The lowest BCUT2D eigenvalue weighted by Gasteiger charge is -2.16. The number of hydrogen-bond donors (Lipinski definition) is 2. The van der Waals surface area contributed by atoms with Crippen LogP contribution < -0.4 is 10.1 Å². The molecule has 2 aromatic carbocycles. The van der Waals surface area contributed by atoms with Gasteiger partial charge in [-0.25, -0.2) is 0 Å². The van der Waals surface area contributed by atoms with Crippen molar-refractivity contribution in [3.05, 3.63) is 42.0 Å². The largest absolute Gasteiger partial charge is 0.490 e. The van der Waals surface area contributed by atoms with Crippen molar-refractivity contribution in [2.24, 2.45) is 0 Å². The van der Waals surface area contributed by atoms with E-state index in [9.17, 15) is 5.11 Å². The summed E-state index contributed by atoms with van der Waals surface area (Å²) in [6.45, 7) is 7.05. The number of nitrogens with one attached hydrogen (secondary N) is 1. The average molecular weight is 273 g/mol. The molecule has 3 nitrogen and oxygen atoms in total. The normalized spacial score (nSPS) is 12.8. The molecule has 1 unspecified atom stereocenters.